The zero-order valence-corrected chi connectivity index (χ0v) is 14.6. The van der Waals surface area contributed by atoms with Gasteiger partial charge in [-0.2, -0.15) is 0 Å². The molecule has 0 fully saturated rings. The van der Waals surface area contributed by atoms with Crippen molar-refractivity contribution in [2.24, 2.45) is 0 Å². The summed E-state index contributed by atoms with van der Waals surface area (Å²) in [5.41, 5.74) is 2.22. The molecule has 1 atom stereocenters. The Balaban J connectivity index is 1.70. The van der Waals surface area contributed by atoms with E-state index in [1.807, 2.05) is 6.92 Å². The molecule has 0 aliphatic rings. The van der Waals surface area contributed by atoms with Crippen LogP contribution in [0.3, 0.4) is 0 Å². The van der Waals surface area contributed by atoms with Crippen LogP contribution in [0.5, 0.6) is 0 Å². The number of rotatable bonds is 6. The van der Waals surface area contributed by atoms with Gasteiger partial charge in [0.15, 0.2) is 0 Å². The van der Waals surface area contributed by atoms with Crippen molar-refractivity contribution in [1.82, 2.24) is 15.2 Å². The van der Waals surface area contributed by atoms with Crippen LogP contribution in [0.1, 0.15) is 35.3 Å². The Bertz CT molecular complexity index is 887. The van der Waals surface area contributed by atoms with Gasteiger partial charge >= 0.3 is 0 Å². The number of amides is 1. The quantitative estimate of drug-likeness (QED) is 0.680. The predicted octanol–water partition coefficient (Wildman–Crippen LogP) is 4.03. The maximum Gasteiger partial charge on any atom is 0.259 e. The number of hydrogen-bond acceptors (Lipinski definition) is 6. The van der Waals surface area contributed by atoms with Crippen molar-refractivity contribution in [2.45, 2.75) is 19.4 Å². The number of nitrogens with one attached hydrogen (secondary N) is 2. The lowest BCUT2D eigenvalue weighted by atomic mass is 10.0. The molecule has 6 nitrogen and oxygen atoms in total. The van der Waals surface area contributed by atoms with Crippen LogP contribution in [0.2, 0.25) is 0 Å². The van der Waals surface area contributed by atoms with Crippen molar-refractivity contribution in [3.8, 4) is 0 Å². The van der Waals surface area contributed by atoms with Crippen molar-refractivity contribution in [2.75, 3.05) is 10.6 Å². The Hall–Kier alpha value is -2.94. The molecule has 2 N–H and O–H groups in total. The summed E-state index contributed by atoms with van der Waals surface area (Å²) >= 11 is 1.21. The van der Waals surface area contributed by atoms with E-state index >= 15 is 0 Å². The van der Waals surface area contributed by atoms with E-state index in [2.05, 4.69) is 25.8 Å². The number of carbonyl (C=O) groups is 1. The average Bonchev–Trinajstić information content (AvgIpc) is 3.13. The molecule has 0 bridgehead atoms. The standard InChI is InChI=1S/C17H15F2N5OS/c1-2-14(12-5-4-11(18)7-13(12)19)22-15-6-3-10(8-20-15)16(25)23-17-24-21-9-26-17/h3-9,14H,2H2,1H3,(H,20,22)(H,23,24,25). The lowest BCUT2D eigenvalue weighted by Gasteiger charge is -2.19. The molecule has 2 heterocycles. The number of pyridine rings is 1. The van der Waals surface area contributed by atoms with Gasteiger partial charge in [0, 0.05) is 17.8 Å². The lowest BCUT2D eigenvalue weighted by molar-refractivity contribution is 0.102. The summed E-state index contributed by atoms with van der Waals surface area (Å²) in [4.78, 5) is 16.3. The van der Waals surface area contributed by atoms with E-state index in [9.17, 15) is 13.6 Å². The molecule has 134 valence electrons. The summed E-state index contributed by atoms with van der Waals surface area (Å²) in [6, 6.07) is 6.34. The Labute approximate surface area is 152 Å². The molecule has 0 spiro atoms. The van der Waals surface area contributed by atoms with E-state index in [4.69, 9.17) is 0 Å². The number of hydrogen-bond donors (Lipinski definition) is 2. The van der Waals surface area contributed by atoms with Gasteiger partial charge in [0.2, 0.25) is 5.13 Å². The number of aromatic nitrogens is 3. The van der Waals surface area contributed by atoms with E-state index < -0.39 is 11.6 Å². The maximum atomic E-state index is 14.0. The van der Waals surface area contributed by atoms with E-state index in [0.29, 0.717) is 28.5 Å². The van der Waals surface area contributed by atoms with Crippen molar-refractivity contribution >= 4 is 28.2 Å². The highest BCUT2D eigenvalue weighted by Crippen LogP contribution is 2.24. The minimum Gasteiger partial charge on any atom is -0.363 e. The van der Waals surface area contributed by atoms with Gasteiger partial charge in [-0.15, -0.1) is 10.2 Å². The fraction of sp³-hybridized carbons (Fsp3) is 0.176. The number of benzene rings is 1. The van der Waals surface area contributed by atoms with Gasteiger partial charge in [-0.3, -0.25) is 10.1 Å². The molecule has 3 rings (SSSR count). The van der Waals surface area contributed by atoms with Crippen molar-refractivity contribution in [3.63, 3.8) is 0 Å². The molecule has 0 aliphatic carbocycles. The number of carbonyl (C=O) groups excluding carboxylic acids is 1. The van der Waals surface area contributed by atoms with Crippen LogP contribution in [-0.2, 0) is 0 Å². The van der Waals surface area contributed by atoms with E-state index in [-0.39, 0.29) is 11.9 Å². The van der Waals surface area contributed by atoms with Crippen molar-refractivity contribution in [1.29, 1.82) is 0 Å². The molecular formula is C17H15F2N5OS. The Morgan fingerprint density at radius 2 is 2.12 bits per heavy atom. The van der Waals surface area contributed by atoms with Crippen molar-refractivity contribution in [3.05, 3.63) is 64.8 Å². The molecular weight excluding hydrogens is 360 g/mol. The first-order valence-corrected chi connectivity index (χ1v) is 8.70. The highest BCUT2D eigenvalue weighted by molar-refractivity contribution is 7.13. The largest absolute Gasteiger partial charge is 0.363 e. The topological polar surface area (TPSA) is 79.8 Å². The third-order valence-electron chi connectivity index (χ3n) is 3.67. The molecule has 0 aliphatic heterocycles. The summed E-state index contributed by atoms with van der Waals surface area (Å²) in [5.74, 6) is -1.10. The molecule has 1 aromatic carbocycles. The van der Waals surface area contributed by atoms with Gasteiger partial charge in [0.25, 0.3) is 5.91 Å². The first kappa shape index (κ1) is 17.9. The van der Waals surface area contributed by atoms with Gasteiger partial charge in [-0.25, -0.2) is 13.8 Å². The van der Waals surface area contributed by atoms with Gasteiger partial charge < -0.3 is 5.32 Å². The second-order valence-corrected chi connectivity index (χ2v) is 6.23. The number of nitrogens with zero attached hydrogens (tertiary/aromatic N) is 3. The maximum absolute atomic E-state index is 14.0. The third-order valence-corrected chi connectivity index (χ3v) is 4.28. The summed E-state index contributed by atoms with van der Waals surface area (Å²) in [6.45, 7) is 1.88. The van der Waals surface area contributed by atoms with Crippen LogP contribution in [0, 0.1) is 11.6 Å². The molecule has 0 radical (unpaired) electrons. The number of anilines is 2. The monoisotopic (exact) mass is 375 g/mol. The van der Waals surface area contributed by atoms with Crippen LogP contribution in [-0.4, -0.2) is 21.1 Å². The molecule has 0 saturated carbocycles. The highest BCUT2D eigenvalue weighted by Gasteiger charge is 2.16. The second-order valence-electron chi connectivity index (χ2n) is 5.40. The molecule has 26 heavy (non-hydrogen) atoms. The van der Waals surface area contributed by atoms with E-state index in [1.165, 1.54) is 35.2 Å². The zero-order chi connectivity index (χ0) is 18.5. The Morgan fingerprint density at radius 1 is 1.27 bits per heavy atom. The minimum absolute atomic E-state index is 0.350. The Morgan fingerprint density at radius 3 is 2.73 bits per heavy atom. The van der Waals surface area contributed by atoms with Gasteiger partial charge in [0.1, 0.15) is 23.0 Å². The fourth-order valence-corrected chi connectivity index (χ4v) is 2.81. The van der Waals surface area contributed by atoms with Gasteiger partial charge in [-0.1, -0.05) is 24.3 Å². The van der Waals surface area contributed by atoms with Crippen LogP contribution in [0.25, 0.3) is 0 Å². The highest BCUT2D eigenvalue weighted by atomic mass is 32.1. The van der Waals surface area contributed by atoms with Crippen LogP contribution < -0.4 is 10.6 Å². The Kier molecular flexibility index (Phi) is 5.47. The molecule has 0 saturated heterocycles. The number of halogens is 2. The fourth-order valence-electron chi connectivity index (χ4n) is 2.37. The first-order valence-electron chi connectivity index (χ1n) is 7.82. The lowest BCUT2D eigenvalue weighted by Crippen LogP contribution is -2.14. The molecule has 9 heteroatoms. The average molecular weight is 375 g/mol. The van der Waals surface area contributed by atoms with Crippen LogP contribution in [0.4, 0.5) is 19.7 Å². The molecule has 1 amide bonds. The summed E-state index contributed by atoms with van der Waals surface area (Å²) < 4.78 is 27.1. The zero-order valence-electron chi connectivity index (χ0n) is 13.7. The SMILES string of the molecule is CCC(Nc1ccc(C(=O)Nc2nncs2)cn1)c1ccc(F)cc1F. The third kappa shape index (κ3) is 4.17. The molecule has 2 aromatic heterocycles. The van der Waals surface area contributed by atoms with Gasteiger partial charge in [-0.05, 0) is 24.6 Å². The summed E-state index contributed by atoms with van der Waals surface area (Å²) in [7, 11) is 0. The summed E-state index contributed by atoms with van der Waals surface area (Å²) in [6.07, 6.45) is 1.98. The van der Waals surface area contributed by atoms with Crippen LogP contribution in [0.15, 0.2) is 42.0 Å². The van der Waals surface area contributed by atoms with Gasteiger partial charge in [0.05, 0.1) is 11.6 Å². The summed E-state index contributed by atoms with van der Waals surface area (Å²) in [5, 5.41) is 13.5. The van der Waals surface area contributed by atoms with Crippen molar-refractivity contribution < 1.29 is 13.6 Å². The minimum atomic E-state index is -0.620. The van der Waals surface area contributed by atoms with E-state index in [1.54, 1.807) is 12.1 Å². The first-order chi connectivity index (χ1) is 12.6. The molecule has 1 unspecified atom stereocenters. The normalized spacial score (nSPS) is 11.8. The molecule has 3 aromatic rings. The smallest absolute Gasteiger partial charge is 0.259 e. The van der Waals surface area contributed by atoms with E-state index in [0.717, 1.165) is 6.07 Å². The van der Waals surface area contributed by atoms with Crippen LogP contribution >= 0.6 is 11.3 Å². The predicted molar refractivity (Wildman–Crippen MR) is 95.1 cm³/mol. The second kappa shape index (κ2) is 7.96.